The van der Waals surface area contributed by atoms with Crippen molar-refractivity contribution in [3.05, 3.63) is 88.7 Å². The van der Waals surface area contributed by atoms with Gasteiger partial charge in [-0.05, 0) is 23.6 Å². The molecule has 0 aliphatic rings. The van der Waals surface area contributed by atoms with Crippen molar-refractivity contribution in [1.29, 1.82) is 0 Å². The molecule has 8 heteroatoms. The molecule has 0 fully saturated rings. The molecule has 0 amide bonds. The zero-order valence-electron chi connectivity index (χ0n) is 14.9. The largest absolute Gasteiger partial charge is 0.429 e. The Morgan fingerprint density at radius 2 is 1.34 bits per heavy atom. The molecule has 1 nitrogen and oxygen atoms in total. The number of hydrogen-bond donors (Lipinski definition) is 0. The van der Waals surface area contributed by atoms with Crippen molar-refractivity contribution in [3.63, 3.8) is 0 Å². The second kappa shape index (κ2) is 7.77. The van der Waals surface area contributed by atoms with Crippen LogP contribution in [0.3, 0.4) is 0 Å². The molecule has 29 heavy (non-hydrogen) atoms. The molecule has 3 aromatic rings. The fourth-order valence-electron chi connectivity index (χ4n) is 2.71. The van der Waals surface area contributed by atoms with Gasteiger partial charge < -0.3 is 4.74 Å². The number of halogens is 7. The molecule has 3 rings (SSSR count). The summed E-state index contributed by atoms with van der Waals surface area (Å²) in [6.07, 6.45) is -3.75. The molecule has 0 unspecified atom stereocenters. The van der Waals surface area contributed by atoms with E-state index in [1.807, 2.05) is 6.92 Å². The van der Waals surface area contributed by atoms with Crippen molar-refractivity contribution in [2.24, 2.45) is 0 Å². The molecular weight excluding hydrogens is 401 g/mol. The highest BCUT2D eigenvalue weighted by molar-refractivity contribution is 5.65. The van der Waals surface area contributed by atoms with Crippen LogP contribution < -0.4 is 4.74 Å². The lowest BCUT2D eigenvalue weighted by molar-refractivity contribution is -0.187. The minimum absolute atomic E-state index is 0.171. The average molecular weight is 414 g/mol. The lowest BCUT2D eigenvalue weighted by atomic mass is 10.0. The van der Waals surface area contributed by atoms with Gasteiger partial charge in [0.05, 0.1) is 0 Å². The zero-order valence-corrected chi connectivity index (χ0v) is 14.9. The predicted molar refractivity (Wildman–Crippen MR) is 92.0 cm³/mol. The maximum absolute atomic E-state index is 14.4. The molecule has 0 aliphatic heterocycles. The summed E-state index contributed by atoms with van der Waals surface area (Å²) in [6, 6.07) is 8.32. The minimum Gasteiger partial charge on any atom is -0.429 e. The summed E-state index contributed by atoms with van der Waals surface area (Å²) in [5.41, 5.74) is -0.500. The summed E-state index contributed by atoms with van der Waals surface area (Å²) in [4.78, 5) is 0. The molecule has 0 heterocycles. The highest BCUT2D eigenvalue weighted by atomic mass is 19.3. The van der Waals surface area contributed by atoms with Gasteiger partial charge >= 0.3 is 6.11 Å². The van der Waals surface area contributed by atoms with Crippen LogP contribution in [0.2, 0.25) is 0 Å². The van der Waals surface area contributed by atoms with Gasteiger partial charge in [0.15, 0.2) is 29.1 Å². The van der Waals surface area contributed by atoms with E-state index < -0.39 is 46.5 Å². The van der Waals surface area contributed by atoms with E-state index in [1.54, 1.807) is 12.1 Å². The highest BCUT2D eigenvalue weighted by Gasteiger charge is 2.39. The number of aryl methyl sites for hydroxylation is 1. The van der Waals surface area contributed by atoms with Gasteiger partial charge in [0.1, 0.15) is 11.3 Å². The molecule has 152 valence electrons. The molecule has 0 bridgehead atoms. The van der Waals surface area contributed by atoms with Crippen molar-refractivity contribution in [2.75, 3.05) is 0 Å². The van der Waals surface area contributed by atoms with Gasteiger partial charge in [0.25, 0.3) is 0 Å². The molecule has 0 aliphatic carbocycles. The highest BCUT2D eigenvalue weighted by Crippen LogP contribution is 2.37. The monoisotopic (exact) mass is 414 g/mol. The third-order valence-corrected chi connectivity index (χ3v) is 4.27. The summed E-state index contributed by atoms with van der Waals surface area (Å²) in [7, 11) is 0. The van der Waals surface area contributed by atoms with E-state index in [0.29, 0.717) is 6.07 Å². The first-order valence-corrected chi connectivity index (χ1v) is 8.43. The van der Waals surface area contributed by atoms with Crippen LogP contribution in [-0.4, -0.2) is 0 Å². The van der Waals surface area contributed by atoms with Crippen LogP contribution in [0.15, 0.2) is 48.5 Å². The van der Waals surface area contributed by atoms with Gasteiger partial charge in [0.2, 0.25) is 0 Å². The smallest absolute Gasteiger partial charge is 0.429 e. The van der Waals surface area contributed by atoms with Crippen molar-refractivity contribution < 1.29 is 35.5 Å². The van der Waals surface area contributed by atoms with E-state index >= 15 is 0 Å². The maximum Gasteiger partial charge on any atom is 0.429 e. The summed E-state index contributed by atoms with van der Waals surface area (Å²) in [6.45, 7) is 1.91. The number of hydrogen-bond acceptors (Lipinski definition) is 1. The fourth-order valence-corrected chi connectivity index (χ4v) is 2.71. The third-order valence-electron chi connectivity index (χ3n) is 4.27. The van der Waals surface area contributed by atoms with E-state index in [-0.39, 0.29) is 23.3 Å². The van der Waals surface area contributed by atoms with Gasteiger partial charge in [-0.25, -0.2) is 22.0 Å². The van der Waals surface area contributed by atoms with Crippen LogP contribution in [0.25, 0.3) is 11.1 Å². The van der Waals surface area contributed by atoms with E-state index in [0.717, 1.165) is 18.1 Å². The Morgan fingerprint density at radius 1 is 0.759 bits per heavy atom. The molecule has 0 saturated carbocycles. The summed E-state index contributed by atoms with van der Waals surface area (Å²) < 4.78 is 101. The van der Waals surface area contributed by atoms with Crippen LogP contribution in [0.4, 0.5) is 30.7 Å². The van der Waals surface area contributed by atoms with Crippen LogP contribution in [0, 0.1) is 29.1 Å². The van der Waals surface area contributed by atoms with E-state index in [9.17, 15) is 30.7 Å². The minimum atomic E-state index is -4.48. The molecule has 3 aromatic carbocycles. The van der Waals surface area contributed by atoms with E-state index in [2.05, 4.69) is 4.74 Å². The first-order chi connectivity index (χ1) is 13.6. The maximum atomic E-state index is 14.4. The summed E-state index contributed by atoms with van der Waals surface area (Å²) in [5, 5.41) is 0. The number of alkyl halides is 2. The Balaban J connectivity index is 1.96. The topological polar surface area (TPSA) is 9.23 Å². The van der Waals surface area contributed by atoms with Gasteiger partial charge in [0, 0.05) is 17.7 Å². The van der Waals surface area contributed by atoms with Gasteiger partial charge in [-0.15, -0.1) is 0 Å². The van der Waals surface area contributed by atoms with Crippen LogP contribution in [-0.2, 0) is 12.5 Å². The molecule has 0 saturated heterocycles. The normalized spacial score (nSPS) is 11.6. The Bertz CT molecular complexity index is 1020. The second-order valence-corrected chi connectivity index (χ2v) is 6.16. The quantitative estimate of drug-likeness (QED) is 0.332. The molecular formula is C21H13F7O. The second-order valence-electron chi connectivity index (χ2n) is 6.16. The van der Waals surface area contributed by atoms with Crippen LogP contribution in [0.5, 0.6) is 5.75 Å². The Morgan fingerprint density at radius 3 is 1.90 bits per heavy atom. The lowest BCUT2D eigenvalue weighted by Crippen LogP contribution is -2.24. The van der Waals surface area contributed by atoms with Crippen molar-refractivity contribution in [2.45, 2.75) is 19.5 Å². The van der Waals surface area contributed by atoms with Crippen molar-refractivity contribution in [3.8, 4) is 16.9 Å². The molecule has 0 aromatic heterocycles. The Hall–Kier alpha value is -3.03. The average Bonchev–Trinajstić information content (AvgIpc) is 2.67. The first kappa shape index (κ1) is 20.7. The molecule has 0 spiro atoms. The van der Waals surface area contributed by atoms with Crippen LogP contribution in [0.1, 0.15) is 18.1 Å². The number of ether oxygens (including phenoxy) is 1. The first-order valence-electron chi connectivity index (χ1n) is 8.43. The molecule has 0 atom stereocenters. The van der Waals surface area contributed by atoms with Crippen LogP contribution >= 0.6 is 0 Å². The number of rotatable bonds is 5. The van der Waals surface area contributed by atoms with Gasteiger partial charge in [-0.1, -0.05) is 37.3 Å². The summed E-state index contributed by atoms with van der Waals surface area (Å²) >= 11 is 0. The van der Waals surface area contributed by atoms with Crippen molar-refractivity contribution >= 4 is 0 Å². The molecule has 0 radical (unpaired) electrons. The summed E-state index contributed by atoms with van der Waals surface area (Å²) in [5.74, 6) is -9.93. The lowest BCUT2D eigenvalue weighted by Gasteiger charge is -2.20. The zero-order chi connectivity index (χ0) is 21.3. The van der Waals surface area contributed by atoms with Crippen molar-refractivity contribution in [1.82, 2.24) is 0 Å². The van der Waals surface area contributed by atoms with E-state index in [1.165, 1.54) is 12.1 Å². The Kier molecular flexibility index (Phi) is 5.55. The standard InChI is InChI=1S/C21H13F7O/c1-2-11-3-5-12(6-4-11)14-7-8-15(19(25)18(14)24)21(27,28)29-13-9-16(22)20(26)17(23)10-13/h3-10H,2H2,1H3. The van der Waals surface area contributed by atoms with Gasteiger partial charge in [-0.3, -0.25) is 0 Å². The Labute approximate surface area is 161 Å². The van der Waals surface area contributed by atoms with Gasteiger partial charge in [-0.2, -0.15) is 8.78 Å². The van der Waals surface area contributed by atoms with E-state index in [4.69, 9.17) is 0 Å². The predicted octanol–water partition coefficient (Wildman–Crippen LogP) is 6.74. The number of benzene rings is 3. The SMILES string of the molecule is CCc1ccc(-c2ccc(C(F)(F)Oc3cc(F)c(F)c(F)c3)c(F)c2F)cc1. The fraction of sp³-hybridized carbons (Fsp3) is 0.143. The third kappa shape index (κ3) is 4.06. The molecule has 0 N–H and O–H groups in total.